The lowest BCUT2D eigenvalue weighted by Gasteiger charge is -1.95. The first-order valence-electron chi connectivity index (χ1n) is 5.79. The molecule has 0 amide bonds. The number of oxazole rings is 1. The fourth-order valence-corrected chi connectivity index (χ4v) is 1.84. The predicted octanol–water partition coefficient (Wildman–Crippen LogP) is 3.38. The second-order valence-electron chi connectivity index (χ2n) is 4.05. The molecule has 3 rings (SSSR count). The summed E-state index contributed by atoms with van der Waals surface area (Å²) in [5, 5.41) is 8.04. The van der Waals surface area contributed by atoms with Crippen molar-refractivity contribution >= 4 is 11.6 Å². The molecule has 5 heteroatoms. The van der Waals surface area contributed by atoms with Gasteiger partial charge in [0.25, 0.3) is 0 Å². The molecule has 0 bridgehead atoms. The molecule has 0 N–H and O–H groups in total. The van der Waals surface area contributed by atoms with E-state index in [0.717, 1.165) is 12.1 Å². The molecule has 0 saturated carbocycles. The minimum atomic E-state index is 0.347. The van der Waals surface area contributed by atoms with Crippen molar-refractivity contribution < 1.29 is 4.42 Å². The Balaban J connectivity index is 1.82. The van der Waals surface area contributed by atoms with Crippen molar-refractivity contribution in [3.63, 3.8) is 0 Å². The lowest BCUT2D eigenvalue weighted by Crippen LogP contribution is -1.90. The number of hydrogen-bond acceptors (Lipinski definition) is 4. The summed E-state index contributed by atoms with van der Waals surface area (Å²) in [6.07, 6.45) is 2.37. The highest BCUT2D eigenvalue weighted by molar-refractivity contribution is 6.29. The van der Waals surface area contributed by atoms with Crippen LogP contribution in [0.4, 0.5) is 0 Å². The van der Waals surface area contributed by atoms with E-state index >= 15 is 0 Å². The van der Waals surface area contributed by atoms with Gasteiger partial charge in [-0.15, -0.1) is 10.2 Å². The number of benzene rings is 1. The lowest BCUT2D eigenvalue weighted by atomic mass is 10.1. The van der Waals surface area contributed by atoms with Gasteiger partial charge in [0, 0.05) is 6.42 Å². The fraction of sp³-hybridized carbons (Fsp3) is 0.0714. The van der Waals surface area contributed by atoms with Crippen molar-refractivity contribution in [3.8, 4) is 11.6 Å². The Morgan fingerprint density at radius 2 is 1.84 bits per heavy atom. The largest absolute Gasteiger partial charge is 0.443 e. The van der Waals surface area contributed by atoms with Gasteiger partial charge >= 0.3 is 0 Å². The van der Waals surface area contributed by atoms with Gasteiger partial charge in [0.2, 0.25) is 5.89 Å². The molecule has 2 heterocycles. The minimum Gasteiger partial charge on any atom is -0.443 e. The predicted molar refractivity (Wildman–Crippen MR) is 71.8 cm³/mol. The molecule has 19 heavy (non-hydrogen) atoms. The molecule has 0 saturated heterocycles. The van der Waals surface area contributed by atoms with Gasteiger partial charge in [0.1, 0.15) is 12.0 Å². The van der Waals surface area contributed by atoms with Crippen LogP contribution < -0.4 is 0 Å². The van der Waals surface area contributed by atoms with Crippen molar-refractivity contribution in [2.24, 2.45) is 0 Å². The third-order valence-electron chi connectivity index (χ3n) is 2.63. The van der Waals surface area contributed by atoms with Crippen LogP contribution in [0.1, 0.15) is 11.3 Å². The number of hydrogen-bond donors (Lipinski definition) is 0. The normalized spacial score (nSPS) is 10.6. The van der Waals surface area contributed by atoms with Crippen LogP contribution in [-0.2, 0) is 6.42 Å². The molecule has 1 aromatic carbocycles. The van der Waals surface area contributed by atoms with E-state index in [1.54, 1.807) is 18.4 Å². The van der Waals surface area contributed by atoms with Gasteiger partial charge < -0.3 is 4.42 Å². The highest BCUT2D eigenvalue weighted by Gasteiger charge is 2.09. The highest BCUT2D eigenvalue weighted by atomic mass is 35.5. The zero-order chi connectivity index (χ0) is 13.1. The van der Waals surface area contributed by atoms with Crippen molar-refractivity contribution in [2.45, 2.75) is 6.42 Å². The lowest BCUT2D eigenvalue weighted by molar-refractivity contribution is 0.569. The molecule has 94 valence electrons. The molecule has 4 nitrogen and oxygen atoms in total. The summed E-state index contributed by atoms with van der Waals surface area (Å²) in [7, 11) is 0. The summed E-state index contributed by atoms with van der Waals surface area (Å²) in [6.45, 7) is 0. The van der Waals surface area contributed by atoms with Crippen molar-refractivity contribution in [2.75, 3.05) is 0 Å². The molecular weight excluding hydrogens is 262 g/mol. The Kier molecular flexibility index (Phi) is 3.25. The van der Waals surface area contributed by atoms with E-state index in [1.807, 2.05) is 18.2 Å². The molecular formula is C14H10ClN3O. The average Bonchev–Trinajstić information content (AvgIpc) is 2.89. The van der Waals surface area contributed by atoms with Crippen LogP contribution in [0.25, 0.3) is 11.6 Å². The number of nitrogens with zero attached hydrogens (tertiary/aromatic N) is 3. The molecule has 0 atom stereocenters. The van der Waals surface area contributed by atoms with E-state index in [2.05, 4.69) is 27.3 Å². The third-order valence-corrected chi connectivity index (χ3v) is 2.83. The number of rotatable bonds is 3. The van der Waals surface area contributed by atoms with Crippen molar-refractivity contribution in [1.29, 1.82) is 0 Å². The van der Waals surface area contributed by atoms with Crippen LogP contribution in [0.5, 0.6) is 0 Å². The zero-order valence-electron chi connectivity index (χ0n) is 9.95. The fourth-order valence-electron chi connectivity index (χ4n) is 1.74. The van der Waals surface area contributed by atoms with Gasteiger partial charge in [0.15, 0.2) is 5.15 Å². The molecule has 0 fully saturated rings. The summed E-state index contributed by atoms with van der Waals surface area (Å²) in [5.41, 5.74) is 2.62. The van der Waals surface area contributed by atoms with Crippen LogP contribution in [0, 0.1) is 0 Å². The molecule has 0 spiro atoms. The maximum atomic E-state index is 5.69. The molecule has 0 unspecified atom stereocenters. The second-order valence-corrected chi connectivity index (χ2v) is 4.43. The quantitative estimate of drug-likeness (QED) is 0.733. The smallest absolute Gasteiger partial charge is 0.247 e. The van der Waals surface area contributed by atoms with E-state index < -0.39 is 0 Å². The van der Waals surface area contributed by atoms with Crippen LogP contribution >= 0.6 is 11.6 Å². The van der Waals surface area contributed by atoms with E-state index in [4.69, 9.17) is 16.0 Å². The third kappa shape index (κ3) is 2.80. The summed E-state index contributed by atoms with van der Waals surface area (Å²) in [5.74, 6) is 0.454. The maximum absolute atomic E-state index is 5.69. The Labute approximate surface area is 115 Å². The Morgan fingerprint density at radius 3 is 2.58 bits per heavy atom. The SMILES string of the molecule is Clc1ccc(-c2nc(Cc3ccccc3)co2)nn1. The van der Waals surface area contributed by atoms with Crippen LogP contribution in [0.15, 0.2) is 53.1 Å². The second kappa shape index (κ2) is 5.20. The van der Waals surface area contributed by atoms with E-state index in [-0.39, 0.29) is 0 Å². The van der Waals surface area contributed by atoms with Crippen LogP contribution in [0.2, 0.25) is 5.15 Å². The minimum absolute atomic E-state index is 0.347. The zero-order valence-corrected chi connectivity index (χ0v) is 10.7. The van der Waals surface area contributed by atoms with Crippen LogP contribution in [-0.4, -0.2) is 15.2 Å². The Hall–Kier alpha value is -2.20. The van der Waals surface area contributed by atoms with Crippen LogP contribution in [0.3, 0.4) is 0 Å². The number of aromatic nitrogens is 3. The maximum Gasteiger partial charge on any atom is 0.247 e. The van der Waals surface area contributed by atoms with Gasteiger partial charge in [-0.05, 0) is 17.7 Å². The molecule has 0 aliphatic rings. The molecule has 0 radical (unpaired) electrons. The summed E-state index contributed by atoms with van der Waals surface area (Å²) >= 11 is 5.69. The Bertz CT molecular complexity index is 665. The monoisotopic (exact) mass is 271 g/mol. The van der Waals surface area contributed by atoms with Crippen molar-refractivity contribution in [3.05, 3.63) is 65.1 Å². The first-order chi connectivity index (χ1) is 9.31. The Morgan fingerprint density at radius 1 is 1.00 bits per heavy atom. The van der Waals surface area contributed by atoms with Gasteiger partial charge in [-0.2, -0.15) is 0 Å². The van der Waals surface area contributed by atoms with Gasteiger partial charge in [0.05, 0.1) is 5.69 Å². The average molecular weight is 272 g/mol. The van der Waals surface area contributed by atoms with Gasteiger partial charge in [-0.1, -0.05) is 41.9 Å². The summed E-state index contributed by atoms with van der Waals surface area (Å²) in [6, 6.07) is 13.5. The number of halogens is 1. The van der Waals surface area contributed by atoms with Gasteiger partial charge in [-0.25, -0.2) is 4.98 Å². The molecule has 0 aliphatic carbocycles. The van der Waals surface area contributed by atoms with Gasteiger partial charge in [-0.3, -0.25) is 0 Å². The van der Waals surface area contributed by atoms with E-state index in [1.165, 1.54) is 5.56 Å². The van der Waals surface area contributed by atoms with E-state index in [9.17, 15) is 0 Å². The molecule has 0 aliphatic heterocycles. The summed E-state index contributed by atoms with van der Waals surface area (Å²) < 4.78 is 5.41. The summed E-state index contributed by atoms with van der Waals surface area (Å²) in [4.78, 5) is 4.39. The first kappa shape index (κ1) is 11.9. The van der Waals surface area contributed by atoms with Crippen molar-refractivity contribution in [1.82, 2.24) is 15.2 Å². The van der Waals surface area contributed by atoms with E-state index in [0.29, 0.717) is 16.7 Å². The molecule has 2 aromatic heterocycles. The molecule has 3 aromatic rings. The standard InChI is InChI=1S/C14H10ClN3O/c15-13-7-6-12(17-18-13)14-16-11(9-19-14)8-10-4-2-1-3-5-10/h1-7,9H,8H2. The highest BCUT2D eigenvalue weighted by Crippen LogP contribution is 2.18. The first-order valence-corrected chi connectivity index (χ1v) is 6.17. The topological polar surface area (TPSA) is 51.8 Å².